The number of nitrogen functional groups attached to an aromatic ring is 1. The minimum Gasteiger partial charge on any atom is -0.462 e. The zero-order valence-corrected chi connectivity index (χ0v) is 12.0. The molecule has 0 bridgehead atoms. The Labute approximate surface area is 112 Å². The lowest BCUT2D eigenvalue weighted by Gasteiger charge is -2.04. The zero-order valence-electron chi connectivity index (χ0n) is 11.2. The number of rotatable bonds is 7. The average Bonchev–Trinajstić information content (AvgIpc) is 2.64. The van der Waals surface area contributed by atoms with Crippen molar-refractivity contribution in [2.75, 3.05) is 18.1 Å². The summed E-state index contributed by atoms with van der Waals surface area (Å²) in [7, 11) is 0. The minimum atomic E-state index is -0.381. The fraction of sp³-hybridized carbons (Fsp3) is 0.667. The minimum absolute atomic E-state index is 0.342. The highest BCUT2D eigenvalue weighted by molar-refractivity contribution is 7.99. The van der Waals surface area contributed by atoms with Gasteiger partial charge < -0.3 is 10.5 Å². The molecule has 18 heavy (non-hydrogen) atoms. The SMILES string of the molecule is CCCCn1nc(SCC)c(C(=O)OCC)c1N. The van der Waals surface area contributed by atoms with E-state index in [-0.39, 0.29) is 5.97 Å². The number of ether oxygens (including phenoxy) is 1. The smallest absolute Gasteiger partial charge is 0.344 e. The Balaban J connectivity index is 3.03. The van der Waals surface area contributed by atoms with Crippen LogP contribution in [0.3, 0.4) is 0 Å². The van der Waals surface area contributed by atoms with Gasteiger partial charge in [-0.3, -0.25) is 0 Å². The molecule has 1 rings (SSSR count). The first kappa shape index (κ1) is 14.9. The number of aromatic nitrogens is 2. The molecular formula is C12H21N3O2S. The number of nitrogens with two attached hydrogens (primary N) is 1. The first-order valence-corrected chi connectivity index (χ1v) is 7.30. The molecule has 0 saturated heterocycles. The Morgan fingerprint density at radius 2 is 2.17 bits per heavy atom. The molecule has 1 aromatic heterocycles. The van der Waals surface area contributed by atoms with Crippen LogP contribution in [0, 0.1) is 0 Å². The van der Waals surface area contributed by atoms with Crippen molar-refractivity contribution in [3.63, 3.8) is 0 Å². The molecule has 102 valence electrons. The van der Waals surface area contributed by atoms with Crippen molar-refractivity contribution in [3.05, 3.63) is 5.56 Å². The second kappa shape index (κ2) is 7.31. The van der Waals surface area contributed by atoms with Crippen LogP contribution in [-0.4, -0.2) is 28.1 Å². The number of hydrogen-bond donors (Lipinski definition) is 1. The lowest BCUT2D eigenvalue weighted by atomic mass is 10.3. The average molecular weight is 271 g/mol. The van der Waals surface area contributed by atoms with E-state index in [1.807, 2.05) is 6.92 Å². The topological polar surface area (TPSA) is 70.1 Å². The lowest BCUT2D eigenvalue weighted by molar-refractivity contribution is 0.0523. The number of unbranched alkanes of at least 4 members (excludes halogenated alkanes) is 1. The number of thioether (sulfide) groups is 1. The van der Waals surface area contributed by atoms with Crippen LogP contribution in [0.25, 0.3) is 0 Å². The monoisotopic (exact) mass is 271 g/mol. The molecule has 0 aliphatic carbocycles. The summed E-state index contributed by atoms with van der Waals surface area (Å²) in [4.78, 5) is 11.9. The van der Waals surface area contributed by atoms with Gasteiger partial charge in [0.2, 0.25) is 0 Å². The van der Waals surface area contributed by atoms with Gasteiger partial charge in [0, 0.05) is 6.54 Å². The maximum Gasteiger partial charge on any atom is 0.344 e. The van der Waals surface area contributed by atoms with Crippen molar-refractivity contribution in [1.29, 1.82) is 0 Å². The molecule has 0 aliphatic heterocycles. The molecule has 0 spiro atoms. The van der Waals surface area contributed by atoms with Crippen LogP contribution in [0.2, 0.25) is 0 Å². The highest BCUT2D eigenvalue weighted by Crippen LogP contribution is 2.27. The second-order valence-corrected chi connectivity index (χ2v) is 5.05. The number of esters is 1. The van der Waals surface area contributed by atoms with Crippen molar-refractivity contribution < 1.29 is 9.53 Å². The number of carbonyl (C=O) groups is 1. The summed E-state index contributed by atoms with van der Waals surface area (Å²) in [5.41, 5.74) is 6.41. The summed E-state index contributed by atoms with van der Waals surface area (Å²) in [5, 5.41) is 5.06. The summed E-state index contributed by atoms with van der Waals surface area (Å²) < 4.78 is 6.73. The first-order chi connectivity index (χ1) is 8.65. The zero-order chi connectivity index (χ0) is 13.5. The standard InChI is InChI=1S/C12H21N3O2S/c1-4-7-8-15-10(13)9(12(16)17-5-2)11(14-15)18-6-3/h4-8,13H2,1-3H3. The van der Waals surface area contributed by atoms with Gasteiger partial charge in [-0.15, -0.1) is 11.8 Å². The van der Waals surface area contributed by atoms with Crippen LogP contribution in [0.1, 0.15) is 44.0 Å². The predicted molar refractivity (Wildman–Crippen MR) is 73.9 cm³/mol. The van der Waals surface area contributed by atoms with Crippen molar-refractivity contribution in [2.24, 2.45) is 0 Å². The molecule has 1 aromatic rings. The Hall–Kier alpha value is -1.17. The van der Waals surface area contributed by atoms with E-state index in [4.69, 9.17) is 10.5 Å². The van der Waals surface area contributed by atoms with E-state index in [0.29, 0.717) is 23.0 Å². The molecule has 0 aromatic carbocycles. The molecule has 5 nitrogen and oxygen atoms in total. The number of hydrogen-bond acceptors (Lipinski definition) is 5. The van der Waals surface area contributed by atoms with Crippen LogP contribution >= 0.6 is 11.8 Å². The number of nitrogens with zero attached hydrogens (tertiary/aromatic N) is 2. The fourth-order valence-corrected chi connectivity index (χ4v) is 2.33. The van der Waals surface area contributed by atoms with Gasteiger partial charge in [-0.2, -0.15) is 5.10 Å². The molecule has 0 aliphatic rings. The van der Waals surface area contributed by atoms with Gasteiger partial charge >= 0.3 is 5.97 Å². The molecule has 0 saturated carbocycles. The first-order valence-electron chi connectivity index (χ1n) is 6.31. The van der Waals surface area contributed by atoms with Crippen molar-refractivity contribution in [1.82, 2.24) is 9.78 Å². The van der Waals surface area contributed by atoms with Crippen molar-refractivity contribution in [3.8, 4) is 0 Å². The van der Waals surface area contributed by atoms with Gasteiger partial charge in [0.1, 0.15) is 16.4 Å². The number of anilines is 1. The van der Waals surface area contributed by atoms with Gasteiger partial charge in [0.15, 0.2) is 0 Å². The molecule has 0 atom stereocenters. The van der Waals surface area contributed by atoms with E-state index >= 15 is 0 Å². The lowest BCUT2D eigenvalue weighted by Crippen LogP contribution is -2.10. The summed E-state index contributed by atoms with van der Waals surface area (Å²) in [6.07, 6.45) is 2.05. The van der Waals surface area contributed by atoms with Crippen LogP contribution in [0.15, 0.2) is 5.03 Å². The van der Waals surface area contributed by atoms with Crippen molar-refractivity contribution in [2.45, 2.75) is 45.2 Å². The van der Waals surface area contributed by atoms with E-state index in [0.717, 1.165) is 25.1 Å². The van der Waals surface area contributed by atoms with Gasteiger partial charge in [-0.1, -0.05) is 20.3 Å². The quantitative estimate of drug-likeness (QED) is 0.609. The summed E-state index contributed by atoms with van der Waals surface area (Å²) in [6, 6.07) is 0. The fourth-order valence-electron chi connectivity index (χ4n) is 1.56. The van der Waals surface area contributed by atoms with E-state index < -0.39 is 0 Å². The molecule has 6 heteroatoms. The third-order valence-corrected chi connectivity index (χ3v) is 3.29. The molecular weight excluding hydrogens is 250 g/mol. The Morgan fingerprint density at radius 1 is 1.44 bits per heavy atom. The normalized spacial score (nSPS) is 10.6. The Morgan fingerprint density at radius 3 is 2.72 bits per heavy atom. The second-order valence-electron chi connectivity index (χ2n) is 3.80. The molecule has 0 radical (unpaired) electrons. The van der Waals surface area contributed by atoms with Crippen LogP contribution < -0.4 is 5.73 Å². The molecule has 0 fully saturated rings. The molecule has 1 heterocycles. The molecule has 0 unspecified atom stereocenters. The van der Waals surface area contributed by atoms with E-state index in [1.54, 1.807) is 11.6 Å². The van der Waals surface area contributed by atoms with Crippen LogP contribution in [-0.2, 0) is 11.3 Å². The van der Waals surface area contributed by atoms with Gasteiger partial charge in [-0.25, -0.2) is 9.48 Å². The highest BCUT2D eigenvalue weighted by atomic mass is 32.2. The third kappa shape index (κ3) is 3.41. The third-order valence-electron chi connectivity index (χ3n) is 2.44. The molecule has 2 N–H and O–H groups in total. The largest absolute Gasteiger partial charge is 0.462 e. The number of aryl methyl sites for hydroxylation is 1. The Bertz CT molecular complexity index is 404. The highest BCUT2D eigenvalue weighted by Gasteiger charge is 2.23. The van der Waals surface area contributed by atoms with Crippen molar-refractivity contribution >= 4 is 23.5 Å². The van der Waals surface area contributed by atoms with E-state index in [1.165, 1.54) is 11.8 Å². The Kier molecular flexibility index (Phi) is 6.04. The van der Waals surface area contributed by atoms with E-state index in [2.05, 4.69) is 12.0 Å². The van der Waals surface area contributed by atoms with E-state index in [9.17, 15) is 4.79 Å². The van der Waals surface area contributed by atoms with Crippen LogP contribution in [0.4, 0.5) is 5.82 Å². The molecule has 0 amide bonds. The summed E-state index contributed by atoms with van der Waals surface area (Å²) in [6.45, 7) is 6.98. The summed E-state index contributed by atoms with van der Waals surface area (Å²) >= 11 is 1.51. The predicted octanol–water partition coefficient (Wildman–Crippen LogP) is 2.55. The maximum absolute atomic E-state index is 11.9. The van der Waals surface area contributed by atoms with Crippen LogP contribution in [0.5, 0.6) is 0 Å². The number of carbonyl (C=O) groups excluding carboxylic acids is 1. The van der Waals surface area contributed by atoms with Gasteiger partial charge in [0.25, 0.3) is 0 Å². The van der Waals surface area contributed by atoms with Gasteiger partial charge in [0.05, 0.1) is 6.61 Å². The summed E-state index contributed by atoms with van der Waals surface area (Å²) in [5.74, 6) is 0.878. The van der Waals surface area contributed by atoms with Gasteiger partial charge in [-0.05, 0) is 19.1 Å². The maximum atomic E-state index is 11.9.